The van der Waals surface area contributed by atoms with Crippen LogP contribution >= 0.6 is 22.9 Å². The Morgan fingerprint density at radius 3 is 2.92 bits per heavy atom. The Morgan fingerprint density at radius 1 is 1.46 bits per heavy atom. The molecule has 1 heterocycles. The number of benzene rings is 1. The molecule has 0 saturated heterocycles. The van der Waals surface area contributed by atoms with E-state index in [0.29, 0.717) is 16.2 Å². The largest absolute Gasteiger partial charge is 0.495 e. The second-order valence-electron chi connectivity index (χ2n) is 2.57. The molecule has 1 aromatic heterocycles. The zero-order valence-corrected chi connectivity index (χ0v) is 8.38. The fourth-order valence-electron chi connectivity index (χ4n) is 1.15. The molecule has 0 bridgehead atoms. The highest BCUT2D eigenvalue weighted by molar-refractivity contribution is 7.17. The quantitative estimate of drug-likeness (QED) is 0.706. The van der Waals surface area contributed by atoms with E-state index in [4.69, 9.17) is 16.3 Å². The molecule has 0 aliphatic rings. The number of thiophene rings is 1. The summed E-state index contributed by atoms with van der Waals surface area (Å²) in [7, 11) is 1.51. The summed E-state index contributed by atoms with van der Waals surface area (Å²) in [5.74, 6) is 0.279. The molecule has 0 aliphatic carbocycles. The number of methoxy groups -OCH3 is 1. The van der Waals surface area contributed by atoms with Crippen LogP contribution in [0.3, 0.4) is 0 Å². The Hall–Kier alpha value is -0.800. The smallest absolute Gasteiger partial charge is 0.141 e. The highest BCUT2D eigenvalue weighted by Crippen LogP contribution is 2.34. The first-order valence-corrected chi connectivity index (χ1v) is 4.88. The highest BCUT2D eigenvalue weighted by atomic mass is 35.5. The summed E-state index contributed by atoms with van der Waals surface area (Å²) in [4.78, 5) is 0. The standard InChI is InChI=1S/C9H6ClFOS/c1-12-8-2-5-7(11)4-13-9(5)3-6(8)10/h2-4H,1H3. The van der Waals surface area contributed by atoms with Crippen molar-refractivity contribution in [3.05, 3.63) is 28.4 Å². The molecule has 0 fully saturated rings. The fraction of sp³-hybridized carbons (Fsp3) is 0.111. The van der Waals surface area contributed by atoms with Crippen molar-refractivity contribution in [2.45, 2.75) is 0 Å². The van der Waals surface area contributed by atoms with E-state index >= 15 is 0 Å². The summed E-state index contributed by atoms with van der Waals surface area (Å²) in [5, 5.41) is 2.53. The summed E-state index contributed by atoms with van der Waals surface area (Å²) in [5.41, 5.74) is 0. The van der Waals surface area contributed by atoms with Crippen molar-refractivity contribution in [1.29, 1.82) is 0 Å². The average molecular weight is 217 g/mol. The van der Waals surface area contributed by atoms with E-state index in [1.807, 2.05) is 0 Å². The number of ether oxygens (including phenoxy) is 1. The molecule has 13 heavy (non-hydrogen) atoms. The van der Waals surface area contributed by atoms with E-state index in [-0.39, 0.29) is 5.82 Å². The molecule has 2 aromatic rings. The molecule has 0 saturated carbocycles. The average Bonchev–Trinajstić information content (AvgIpc) is 2.46. The lowest BCUT2D eigenvalue weighted by molar-refractivity contribution is 0.415. The van der Waals surface area contributed by atoms with E-state index in [9.17, 15) is 4.39 Å². The van der Waals surface area contributed by atoms with Gasteiger partial charge in [-0.1, -0.05) is 11.6 Å². The maximum atomic E-state index is 13.1. The van der Waals surface area contributed by atoms with Gasteiger partial charge >= 0.3 is 0 Å². The molecule has 0 atom stereocenters. The molecular formula is C9H6ClFOS. The van der Waals surface area contributed by atoms with Gasteiger partial charge in [-0.3, -0.25) is 0 Å². The van der Waals surface area contributed by atoms with Crippen LogP contribution in [0, 0.1) is 5.82 Å². The zero-order chi connectivity index (χ0) is 9.42. The van der Waals surface area contributed by atoms with Gasteiger partial charge in [0.1, 0.15) is 11.6 Å². The van der Waals surface area contributed by atoms with Gasteiger partial charge in [-0.25, -0.2) is 4.39 Å². The molecule has 0 radical (unpaired) electrons. The predicted molar refractivity (Wildman–Crippen MR) is 53.3 cm³/mol. The maximum absolute atomic E-state index is 13.1. The first kappa shape index (κ1) is 8.78. The monoisotopic (exact) mass is 216 g/mol. The Labute approximate surface area is 83.7 Å². The lowest BCUT2D eigenvalue weighted by Gasteiger charge is -2.01. The molecule has 0 unspecified atom stereocenters. The molecular weight excluding hydrogens is 211 g/mol. The summed E-state index contributed by atoms with van der Waals surface area (Å²) >= 11 is 7.20. The van der Waals surface area contributed by atoms with Crippen LogP contribution in [-0.4, -0.2) is 7.11 Å². The van der Waals surface area contributed by atoms with Gasteiger partial charge in [-0.05, 0) is 12.1 Å². The van der Waals surface area contributed by atoms with Crippen LogP contribution in [0.15, 0.2) is 17.5 Å². The van der Waals surface area contributed by atoms with E-state index in [1.54, 1.807) is 12.1 Å². The third-order valence-corrected chi connectivity index (χ3v) is 3.01. The van der Waals surface area contributed by atoms with Gasteiger partial charge in [-0.15, -0.1) is 11.3 Å². The number of rotatable bonds is 1. The molecule has 0 aliphatic heterocycles. The Morgan fingerprint density at radius 2 is 2.23 bits per heavy atom. The number of hydrogen-bond donors (Lipinski definition) is 0. The molecule has 0 amide bonds. The summed E-state index contributed by atoms with van der Waals surface area (Å²) in [6.45, 7) is 0. The molecule has 1 aromatic carbocycles. The highest BCUT2D eigenvalue weighted by Gasteiger charge is 2.08. The van der Waals surface area contributed by atoms with E-state index in [0.717, 1.165) is 4.70 Å². The minimum atomic E-state index is -0.227. The van der Waals surface area contributed by atoms with Crippen LogP contribution in [0.1, 0.15) is 0 Å². The topological polar surface area (TPSA) is 9.23 Å². The SMILES string of the molecule is COc1cc2c(F)csc2cc1Cl. The minimum Gasteiger partial charge on any atom is -0.495 e. The Balaban J connectivity index is 2.77. The molecule has 0 N–H and O–H groups in total. The minimum absolute atomic E-state index is 0.227. The molecule has 2 rings (SSSR count). The number of halogens is 2. The third-order valence-electron chi connectivity index (χ3n) is 1.80. The summed E-state index contributed by atoms with van der Waals surface area (Å²) < 4.78 is 18.9. The maximum Gasteiger partial charge on any atom is 0.141 e. The summed E-state index contributed by atoms with van der Waals surface area (Å²) in [6.07, 6.45) is 0. The molecule has 1 nitrogen and oxygen atoms in total. The lowest BCUT2D eigenvalue weighted by atomic mass is 10.2. The molecule has 4 heteroatoms. The van der Waals surface area contributed by atoms with Gasteiger partial charge in [0.15, 0.2) is 0 Å². The van der Waals surface area contributed by atoms with E-state index < -0.39 is 0 Å². The first-order valence-electron chi connectivity index (χ1n) is 3.62. The van der Waals surface area contributed by atoms with Crippen molar-refractivity contribution >= 4 is 33.0 Å². The van der Waals surface area contributed by atoms with Gasteiger partial charge < -0.3 is 4.74 Å². The lowest BCUT2D eigenvalue weighted by Crippen LogP contribution is -1.83. The number of hydrogen-bond acceptors (Lipinski definition) is 2. The van der Waals surface area contributed by atoms with Gasteiger partial charge in [0.2, 0.25) is 0 Å². The van der Waals surface area contributed by atoms with Crippen LogP contribution in [-0.2, 0) is 0 Å². The zero-order valence-electron chi connectivity index (χ0n) is 6.80. The van der Waals surface area contributed by atoms with Crippen molar-refractivity contribution in [3.63, 3.8) is 0 Å². The van der Waals surface area contributed by atoms with E-state index in [1.165, 1.54) is 23.8 Å². The second kappa shape index (κ2) is 3.16. The van der Waals surface area contributed by atoms with E-state index in [2.05, 4.69) is 0 Å². The van der Waals surface area contributed by atoms with Crippen molar-refractivity contribution in [2.75, 3.05) is 7.11 Å². The van der Waals surface area contributed by atoms with Gasteiger partial charge in [0.05, 0.1) is 12.1 Å². The fourth-order valence-corrected chi connectivity index (χ4v) is 2.29. The van der Waals surface area contributed by atoms with Gasteiger partial charge in [0.25, 0.3) is 0 Å². The van der Waals surface area contributed by atoms with Crippen LogP contribution in [0.2, 0.25) is 5.02 Å². The van der Waals surface area contributed by atoms with Crippen LogP contribution in [0.25, 0.3) is 10.1 Å². The van der Waals surface area contributed by atoms with Crippen LogP contribution in [0.4, 0.5) is 4.39 Å². The first-order chi connectivity index (χ1) is 6.22. The van der Waals surface area contributed by atoms with Crippen LogP contribution < -0.4 is 4.74 Å². The second-order valence-corrected chi connectivity index (χ2v) is 3.88. The Bertz CT molecular complexity index is 452. The Kier molecular flexibility index (Phi) is 2.14. The van der Waals surface area contributed by atoms with Crippen LogP contribution in [0.5, 0.6) is 5.75 Å². The molecule has 0 spiro atoms. The van der Waals surface area contributed by atoms with Crippen molar-refractivity contribution in [3.8, 4) is 5.75 Å². The molecule has 68 valence electrons. The van der Waals surface area contributed by atoms with Crippen molar-refractivity contribution < 1.29 is 9.13 Å². The number of fused-ring (bicyclic) bond motifs is 1. The van der Waals surface area contributed by atoms with Gasteiger partial charge in [-0.2, -0.15) is 0 Å². The normalized spacial score (nSPS) is 10.7. The van der Waals surface area contributed by atoms with Crippen molar-refractivity contribution in [2.24, 2.45) is 0 Å². The predicted octanol–water partition coefficient (Wildman–Crippen LogP) is 3.70. The summed E-state index contributed by atoms with van der Waals surface area (Å²) in [6, 6.07) is 3.33. The third kappa shape index (κ3) is 1.38. The van der Waals surface area contributed by atoms with Gasteiger partial charge in [0, 0.05) is 15.5 Å². The van der Waals surface area contributed by atoms with Crippen molar-refractivity contribution in [1.82, 2.24) is 0 Å².